The zero-order valence-corrected chi connectivity index (χ0v) is 13.9. The van der Waals surface area contributed by atoms with E-state index in [1.165, 1.54) is 6.20 Å². The van der Waals surface area contributed by atoms with Crippen molar-refractivity contribution in [2.24, 2.45) is 0 Å². The molecule has 2 aromatic rings. The molecule has 0 saturated carbocycles. The molecule has 0 fully saturated rings. The van der Waals surface area contributed by atoms with Crippen LogP contribution in [0.5, 0.6) is 11.5 Å². The number of hydrogen-bond acceptors (Lipinski definition) is 5. The number of hydrogen-bond donors (Lipinski definition) is 2. The Morgan fingerprint density at radius 2 is 1.91 bits per heavy atom. The summed E-state index contributed by atoms with van der Waals surface area (Å²) in [4.78, 5) is 15.9. The second-order valence-electron chi connectivity index (χ2n) is 4.67. The number of aromatic nitrogens is 1. The average Bonchev–Trinajstić information content (AvgIpc) is 2.55. The van der Waals surface area contributed by atoms with E-state index in [-0.39, 0.29) is 18.3 Å². The van der Waals surface area contributed by atoms with Crippen LogP contribution in [-0.4, -0.2) is 31.7 Å². The molecule has 0 atom stereocenters. The van der Waals surface area contributed by atoms with Gasteiger partial charge in [0.25, 0.3) is 5.91 Å². The lowest BCUT2D eigenvalue weighted by atomic mass is 10.1. The van der Waals surface area contributed by atoms with E-state index in [1.54, 1.807) is 26.4 Å². The molecule has 0 bridgehead atoms. The molecule has 6 nitrogen and oxygen atoms in total. The van der Waals surface area contributed by atoms with Crippen LogP contribution >= 0.6 is 12.4 Å². The number of carbonyl (C=O) groups is 1. The standard InChI is InChI=1S/C16H19N3O3.ClH/c1-21-14-6-3-11(9-15(14)22-2)7-8-18-16(20)13-5-4-12(17)10-19-13;/h3-6,9-10H,7-8,17H2,1-2H3,(H,18,20);1H. The zero-order chi connectivity index (χ0) is 15.9. The highest BCUT2D eigenvalue weighted by Crippen LogP contribution is 2.27. The fourth-order valence-electron chi connectivity index (χ4n) is 1.99. The van der Waals surface area contributed by atoms with Crippen molar-refractivity contribution < 1.29 is 14.3 Å². The number of methoxy groups -OCH3 is 2. The van der Waals surface area contributed by atoms with E-state index in [2.05, 4.69) is 10.3 Å². The Kier molecular flexibility index (Phi) is 7.15. The van der Waals surface area contributed by atoms with Gasteiger partial charge < -0.3 is 20.5 Å². The summed E-state index contributed by atoms with van der Waals surface area (Å²) in [5, 5.41) is 2.82. The number of benzene rings is 1. The summed E-state index contributed by atoms with van der Waals surface area (Å²) in [7, 11) is 3.19. The van der Waals surface area contributed by atoms with Gasteiger partial charge in [0, 0.05) is 6.54 Å². The van der Waals surface area contributed by atoms with Crippen LogP contribution in [-0.2, 0) is 6.42 Å². The molecule has 1 aromatic carbocycles. The van der Waals surface area contributed by atoms with Gasteiger partial charge in [0.05, 0.1) is 26.1 Å². The van der Waals surface area contributed by atoms with Gasteiger partial charge in [0.15, 0.2) is 11.5 Å². The van der Waals surface area contributed by atoms with Gasteiger partial charge in [-0.3, -0.25) is 4.79 Å². The molecule has 0 saturated heterocycles. The minimum absolute atomic E-state index is 0. The van der Waals surface area contributed by atoms with Gasteiger partial charge >= 0.3 is 0 Å². The summed E-state index contributed by atoms with van der Waals surface area (Å²) < 4.78 is 10.4. The third kappa shape index (κ3) is 5.03. The Bertz CT molecular complexity index is 648. The Morgan fingerprint density at radius 3 is 2.52 bits per heavy atom. The van der Waals surface area contributed by atoms with Gasteiger partial charge in [0.2, 0.25) is 0 Å². The molecule has 2 rings (SSSR count). The zero-order valence-electron chi connectivity index (χ0n) is 13.0. The fraction of sp³-hybridized carbons (Fsp3) is 0.250. The fourth-order valence-corrected chi connectivity index (χ4v) is 1.99. The van der Waals surface area contributed by atoms with Crippen molar-refractivity contribution in [2.45, 2.75) is 6.42 Å². The number of nitrogens with one attached hydrogen (secondary N) is 1. The maximum atomic E-state index is 11.9. The van der Waals surface area contributed by atoms with Gasteiger partial charge in [-0.15, -0.1) is 12.4 Å². The van der Waals surface area contributed by atoms with Crippen LogP contribution in [0.3, 0.4) is 0 Å². The average molecular weight is 338 g/mol. The number of nitrogen functional groups attached to an aromatic ring is 1. The number of amides is 1. The summed E-state index contributed by atoms with van der Waals surface area (Å²) in [5.41, 5.74) is 7.46. The molecule has 124 valence electrons. The molecule has 0 unspecified atom stereocenters. The number of nitrogens with two attached hydrogens (primary N) is 1. The SMILES string of the molecule is COc1ccc(CCNC(=O)c2ccc(N)cn2)cc1OC.Cl. The van der Waals surface area contributed by atoms with Crippen LogP contribution < -0.4 is 20.5 Å². The van der Waals surface area contributed by atoms with Crippen LogP contribution in [0.15, 0.2) is 36.5 Å². The molecule has 0 aliphatic heterocycles. The lowest BCUT2D eigenvalue weighted by Gasteiger charge is -2.10. The topological polar surface area (TPSA) is 86.5 Å². The number of ether oxygens (including phenoxy) is 2. The number of pyridine rings is 1. The maximum Gasteiger partial charge on any atom is 0.269 e. The molecule has 1 heterocycles. The van der Waals surface area contributed by atoms with Gasteiger partial charge in [-0.2, -0.15) is 0 Å². The lowest BCUT2D eigenvalue weighted by molar-refractivity contribution is 0.0949. The number of carbonyl (C=O) groups excluding carboxylic acids is 1. The predicted molar refractivity (Wildman–Crippen MR) is 91.5 cm³/mol. The number of anilines is 1. The summed E-state index contributed by atoms with van der Waals surface area (Å²) in [6.07, 6.45) is 2.14. The maximum absolute atomic E-state index is 11.9. The summed E-state index contributed by atoms with van der Waals surface area (Å²) in [6, 6.07) is 8.93. The van der Waals surface area contributed by atoms with Gasteiger partial charge in [-0.05, 0) is 36.2 Å². The van der Waals surface area contributed by atoms with Crippen molar-refractivity contribution in [1.29, 1.82) is 0 Å². The second kappa shape index (κ2) is 8.85. The van der Waals surface area contributed by atoms with Crippen LogP contribution in [0.25, 0.3) is 0 Å². The third-order valence-electron chi connectivity index (χ3n) is 3.17. The predicted octanol–water partition coefficient (Wildman–Crippen LogP) is 2.08. The third-order valence-corrected chi connectivity index (χ3v) is 3.17. The molecular formula is C16H20ClN3O3. The highest BCUT2D eigenvalue weighted by molar-refractivity contribution is 5.92. The molecule has 23 heavy (non-hydrogen) atoms. The first-order valence-electron chi connectivity index (χ1n) is 6.84. The molecule has 0 aliphatic carbocycles. The molecule has 7 heteroatoms. The Balaban J connectivity index is 0.00000264. The van der Waals surface area contributed by atoms with Crippen molar-refractivity contribution in [3.8, 4) is 11.5 Å². The minimum atomic E-state index is -0.222. The van der Waals surface area contributed by atoms with Crippen LogP contribution in [0, 0.1) is 0 Å². The Labute approximate surface area is 141 Å². The molecule has 0 aliphatic rings. The van der Waals surface area contributed by atoms with E-state index in [0.29, 0.717) is 35.8 Å². The van der Waals surface area contributed by atoms with Gasteiger partial charge in [0.1, 0.15) is 5.69 Å². The van der Waals surface area contributed by atoms with E-state index < -0.39 is 0 Å². The van der Waals surface area contributed by atoms with E-state index in [9.17, 15) is 4.79 Å². The summed E-state index contributed by atoms with van der Waals surface area (Å²) in [5.74, 6) is 1.13. The number of nitrogens with zero attached hydrogens (tertiary/aromatic N) is 1. The monoisotopic (exact) mass is 337 g/mol. The molecule has 0 radical (unpaired) electrons. The van der Waals surface area contributed by atoms with Crippen LogP contribution in [0.4, 0.5) is 5.69 Å². The summed E-state index contributed by atoms with van der Waals surface area (Å²) in [6.45, 7) is 0.500. The van der Waals surface area contributed by atoms with E-state index in [0.717, 1.165) is 5.56 Å². The first kappa shape index (κ1) is 18.6. The van der Waals surface area contributed by atoms with Crippen molar-refractivity contribution in [2.75, 3.05) is 26.5 Å². The largest absolute Gasteiger partial charge is 0.493 e. The first-order valence-corrected chi connectivity index (χ1v) is 6.84. The first-order chi connectivity index (χ1) is 10.6. The quantitative estimate of drug-likeness (QED) is 0.842. The van der Waals surface area contributed by atoms with Crippen molar-refractivity contribution >= 4 is 24.0 Å². The summed E-state index contributed by atoms with van der Waals surface area (Å²) >= 11 is 0. The van der Waals surface area contributed by atoms with E-state index >= 15 is 0 Å². The van der Waals surface area contributed by atoms with Crippen LogP contribution in [0.1, 0.15) is 16.1 Å². The highest BCUT2D eigenvalue weighted by atomic mass is 35.5. The minimum Gasteiger partial charge on any atom is -0.493 e. The van der Waals surface area contributed by atoms with Crippen molar-refractivity contribution in [3.05, 3.63) is 47.8 Å². The van der Waals surface area contributed by atoms with Gasteiger partial charge in [-0.25, -0.2) is 4.98 Å². The van der Waals surface area contributed by atoms with Crippen LogP contribution in [0.2, 0.25) is 0 Å². The lowest BCUT2D eigenvalue weighted by Crippen LogP contribution is -2.26. The highest BCUT2D eigenvalue weighted by Gasteiger charge is 2.07. The molecule has 1 amide bonds. The second-order valence-corrected chi connectivity index (χ2v) is 4.67. The molecule has 3 N–H and O–H groups in total. The van der Waals surface area contributed by atoms with Gasteiger partial charge in [-0.1, -0.05) is 6.07 Å². The smallest absolute Gasteiger partial charge is 0.269 e. The number of halogens is 1. The Morgan fingerprint density at radius 1 is 1.17 bits per heavy atom. The molecular weight excluding hydrogens is 318 g/mol. The number of rotatable bonds is 6. The van der Waals surface area contributed by atoms with E-state index in [1.807, 2.05) is 18.2 Å². The normalized spacial score (nSPS) is 9.65. The molecule has 1 aromatic heterocycles. The van der Waals surface area contributed by atoms with Crippen molar-refractivity contribution in [3.63, 3.8) is 0 Å². The molecule has 0 spiro atoms. The van der Waals surface area contributed by atoms with E-state index in [4.69, 9.17) is 15.2 Å². The van der Waals surface area contributed by atoms with Crippen molar-refractivity contribution in [1.82, 2.24) is 10.3 Å². The Hall–Kier alpha value is -2.47.